The maximum absolute atomic E-state index is 12.8. The first-order chi connectivity index (χ1) is 15.6. The zero-order valence-corrected chi connectivity index (χ0v) is 18.5. The quantitative estimate of drug-likeness (QED) is 0.651. The molecule has 3 N–H and O–H groups in total. The predicted octanol–water partition coefficient (Wildman–Crippen LogP) is 2.85. The highest BCUT2D eigenvalue weighted by atomic mass is 16.5. The van der Waals surface area contributed by atoms with E-state index in [0.717, 1.165) is 58.2 Å². The van der Waals surface area contributed by atoms with Crippen LogP contribution in [-0.4, -0.2) is 73.2 Å². The molecule has 0 bridgehead atoms. The van der Waals surface area contributed by atoms with Gasteiger partial charge in [0.25, 0.3) is 0 Å². The first kappa shape index (κ1) is 22.4. The van der Waals surface area contributed by atoms with Gasteiger partial charge in [0.2, 0.25) is 5.91 Å². The van der Waals surface area contributed by atoms with E-state index in [-0.39, 0.29) is 30.0 Å². The maximum Gasteiger partial charge on any atom is 0.320 e. The van der Waals surface area contributed by atoms with E-state index in [1.165, 1.54) is 0 Å². The van der Waals surface area contributed by atoms with Crippen LogP contribution in [0.4, 0.5) is 21.0 Å². The van der Waals surface area contributed by atoms with E-state index in [0.29, 0.717) is 31.0 Å². The van der Waals surface area contributed by atoms with Gasteiger partial charge in [-0.05, 0) is 62.8 Å². The van der Waals surface area contributed by atoms with Crippen LogP contribution in [0, 0.1) is 5.92 Å². The Bertz CT molecular complexity index is 803. The number of benzene rings is 1. The Labute approximate surface area is 188 Å². The second-order valence-electron chi connectivity index (χ2n) is 8.80. The third-order valence-electron chi connectivity index (χ3n) is 6.36. The second kappa shape index (κ2) is 10.7. The zero-order chi connectivity index (χ0) is 22.3. The standard InChI is InChI=1S/C23H33N5O4/c29-21(17-5-3-13-28(16-17)23(31)27-11-1-2-12-27)25-18-7-9-19(10-8-18)26-22(30)24-15-20-6-4-14-32-20/h7-10,17,20H,1-6,11-16H2,(H,25,29)(H2,24,26,30)/t17-,20+/m0/s1. The molecule has 3 saturated heterocycles. The van der Waals surface area contributed by atoms with E-state index in [4.69, 9.17) is 4.74 Å². The molecule has 4 rings (SSSR count). The van der Waals surface area contributed by atoms with Gasteiger partial charge >= 0.3 is 12.1 Å². The third-order valence-corrected chi connectivity index (χ3v) is 6.36. The molecule has 3 aliphatic heterocycles. The first-order valence-corrected chi connectivity index (χ1v) is 11.7. The highest BCUT2D eigenvalue weighted by Gasteiger charge is 2.31. The summed E-state index contributed by atoms with van der Waals surface area (Å²) in [6.07, 6.45) is 5.84. The number of carbonyl (C=O) groups is 3. The Morgan fingerprint density at radius 2 is 1.56 bits per heavy atom. The van der Waals surface area contributed by atoms with E-state index in [9.17, 15) is 14.4 Å². The smallest absolute Gasteiger partial charge is 0.320 e. The summed E-state index contributed by atoms with van der Waals surface area (Å²) in [5.41, 5.74) is 1.32. The van der Waals surface area contributed by atoms with Crippen molar-refractivity contribution in [1.82, 2.24) is 15.1 Å². The van der Waals surface area contributed by atoms with Gasteiger partial charge in [-0.2, -0.15) is 0 Å². The van der Waals surface area contributed by atoms with E-state index in [1.54, 1.807) is 24.3 Å². The average Bonchev–Trinajstić information content (AvgIpc) is 3.53. The summed E-state index contributed by atoms with van der Waals surface area (Å²) >= 11 is 0. The molecule has 0 saturated carbocycles. The Kier molecular flexibility index (Phi) is 7.47. The number of nitrogens with zero attached hydrogens (tertiary/aromatic N) is 2. The number of carbonyl (C=O) groups excluding carboxylic acids is 3. The lowest BCUT2D eigenvalue weighted by Gasteiger charge is -2.34. The molecule has 0 aliphatic carbocycles. The fourth-order valence-corrected chi connectivity index (χ4v) is 4.54. The summed E-state index contributed by atoms with van der Waals surface area (Å²) in [6, 6.07) is 6.83. The molecule has 3 fully saturated rings. The molecule has 0 unspecified atom stereocenters. The van der Waals surface area contributed by atoms with Crippen molar-refractivity contribution in [2.24, 2.45) is 5.92 Å². The highest BCUT2D eigenvalue weighted by molar-refractivity contribution is 5.94. The lowest BCUT2D eigenvalue weighted by molar-refractivity contribution is -0.121. The number of ether oxygens (including phenoxy) is 1. The van der Waals surface area contributed by atoms with Crippen molar-refractivity contribution in [1.29, 1.82) is 0 Å². The third kappa shape index (κ3) is 5.91. The Morgan fingerprint density at radius 1 is 0.875 bits per heavy atom. The largest absolute Gasteiger partial charge is 0.376 e. The van der Waals surface area contributed by atoms with Crippen molar-refractivity contribution in [3.63, 3.8) is 0 Å². The van der Waals surface area contributed by atoms with Crippen molar-refractivity contribution >= 4 is 29.3 Å². The Morgan fingerprint density at radius 3 is 2.25 bits per heavy atom. The molecule has 0 spiro atoms. The van der Waals surface area contributed by atoms with Crippen molar-refractivity contribution in [3.8, 4) is 0 Å². The highest BCUT2D eigenvalue weighted by Crippen LogP contribution is 2.22. The molecule has 3 aliphatic rings. The minimum absolute atomic E-state index is 0.0631. The number of likely N-dealkylation sites (tertiary alicyclic amines) is 2. The van der Waals surface area contributed by atoms with Gasteiger partial charge in [0, 0.05) is 50.7 Å². The number of amides is 5. The molecule has 174 valence electrons. The second-order valence-corrected chi connectivity index (χ2v) is 8.80. The lowest BCUT2D eigenvalue weighted by atomic mass is 9.97. The number of piperidine rings is 1. The van der Waals surface area contributed by atoms with Gasteiger partial charge in [-0.3, -0.25) is 4.79 Å². The van der Waals surface area contributed by atoms with Crippen molar-refractivity contribution < 1.29 is 19.1 Å². The first-order valence-electron chi connectivity index (χ1n) is 11.7. The number of urea groups is 2. The van der Waals surface area contributed by atoms with Gasteiger partial charge in [0.05, 0.1) is 12.0 Å². The summed E-state index contributed by atoms with van der Waals surface area (Å²) in [7, 11) is 0. The van der Waals surface area contributed by atoms with Crippen molar-refractivity contribution in [2.75, 3.05) is 50.0 Å². The number of rotatable bonds is 5. The van der Waals surface area contributed by atoms with Gasteiger partial charge < -0.3 is 30.5 Å². The summed E-state index contributed by atoms with van der Waals surface area (Å²) in [5.74, 6) is -0.282. The van der Waals surface area contributed by atoms with Gasteiger partial charge in [-0.15, -0.1) is 0 Å². The summed E-state index contributed by atoms with van der Waals surface area (Å²) in [6.45, 7) is 4.07. The number of hydrogen-bond acceptors (Lipinski definition) is 4. The van der Waals surface area contributed by atoms with E-state index in [2.05, 4.69) is 16.0 Å². The van der Waals surface area contributed by atoms with Crippen molar-refractivity contribution in [2.45, 2.75) is 44.6 Å². The molecule has 9 nitrogen and oxygen atoms in total. The van der Waals surface area contributed by atoms with Crippen LogP contribution in [0.2, 0.25) is 0 Å². The van der Waals surface area contributed by atoms with Gasteiger partial charge in [0.15, 0.2) is 0 Å². The van der Waals surface area contributed by atoms with Crippen LogP contribution >= 0.6 is 0 Å². The van der Waals surface area contributed by atoms with Crippen LogP contribution < -0.4 is 16.0 Å². The Balaban J connectivity index is 1.23. The van der Waals surface area contributed by atoms with Crippen LogP contribution in [0.15, 0.2) is 24.3 Å². The fraction of sp³-hybridized carbons (Fsp3) is 0.609. The molecular weight excluding hydrogens is 410 g/mol. The van der Waals surface area contributed by atoms with Crippen LogP contribution in [0.5, 0.6) is 0 Å². The molecule has 3 heterocycles. The molecule has 9 heteroatoms. The summed E-state index contributed by atoms with van der Waals surface area (Å²) < 4.78 is 5.49. The van der Waals surface area contributed by atoms with Crippen molar-refractivity contribution in [3.05, 3.63) is 24.3 Å². The predicted molar refractivity (Wildman–Crippen MR) is 122 cm³/mol. The molecule has 5 amide bonds. The monoisotopic (exact) mass is 443 g/mol. The minimum Gasteiger partial charge on any atom is -0.376 e. The Hall–Kier alpha value is -2.81. The van der Waals surface area contributed by atoms with Gasteiger partial charge in [-0.25, -0.2) is 9.59 Å². The average molecular weight is 444 g/mol. The summed E-state index contributed by atoms with van der Waals surface area (Å²) in [4.78, 5) is 41.2. The molecule has 1 aromatic rings. The molecular formula is C23H33N5O4. The normalized spacial score (nSPS) is 23.1. The van der Waals surface area contributed by atoms with Crippen LogP contribution in [0.1, 0.15) is 38.5 Å². The molecule has 1 aromatic carbocycles. The summed E-state index contributed by atoms with van der Waals surface area (Å²) in [5, 5.41) is 8.55. The number of nitrogens with one attached hydrogen (secondary N) is 3. The van der Waals surface area contributed by atoms with Crippen LogP contribution in [0.3, 0.4) is 0 Å². The molecule has 2 atom stereocenters. The van der Waals surface area contributed by atoms with E-state index in [1.807, 2.05) is 9.80 Å². The number of hydrogen-bond donors (Lipinski definition) is 3. The molecule has 0 radical (unpaired) electrons. The molecule has 32 heavy (non-hydrogen) atoms. The van der Waals surface area contributed by atoms with Crippen LogP contribution in [0.25, 0.3) is 0 Å². The maximum atomic E-state index is 12.8. The van der Waals surface area contributed by atoms with Crippen LogP contribution in [-0.2, 0) is 9.53 Å². The zero-order valence-electron chi connectivity index (χ0n) is 18.5. The number of anilines is 2. The minimum atomic E-state index is -0.276. The fourth-order valence-electron chi connectivity index (χ4n) is 4.54. The van der Waals surface area contributed by atoms with E-state index >= 15 is 0 Å². The topological polar surface area (TPSA) is 103 Å². The lowest BCUT2D eigenvalue weighted by Crippen LogP contribution is -2.48. The molecule has 0 aromatic heterocycles. The SMILES string of the molecule is O=C(NC[C@H]1CCCO1)Nc1ccc(NC(=O)[C@H]2CCCN(C(=O)N3CCCC3)C2)cc1. The van der Waals surface area contributed by atoms with E-state index < -0.39 is 0 Å². The van der Waals surface area contributed by atoms with Gasteiger partial charge in [-0.1, -0.05) is 0 Å². The van der Waals surface area contributed by atoms with Gasteiger partial charge in [0.1, 0.15) is 0 Å².